The van der Waals surface area contributed by atoms with Crippen LogP contribution in [-0.2, 0) is 0 Å². The van der Waals surface area contributed by atoms with Gasteiger partial charge >= 0.3 is 5.97 Å². The Bertz CT molecular complexity index is 740. The maximum Gasteiger partial charge on any atom is 0.337 e. The number of imidazole rings is 1. The Morgan fingerprint density at radius 2 is 2.22 bits per heavy atom. The molecule has 0 radical (unpaired) electrons. The molecule has 0 atom stereocenters. The van der Waals surface area contributed by atoms with Gasteiger partial charge < -0.3 is 9.52 Å². The summed E-state index contributed by atoms with van der Waals surface area (Å²) in [6.45, 7) is 1.85. The first-order chi connectivity index (χ1) is 8.66. The van der Waals surface area contributed by atoms with Gasteiger partial charge in [0, 0.05) is 6.20 Å². The number of hydrogen-bond acceptors (Lipinski definition) is 3. The Balaban J connectivity index is 2.27. The lowest BCUT2D eigenvalue weighted by Gasteiger charge is -2.00. The first kappa shape index (κ1) is 10.6. The average molecular weight is 242 g/mol. The van der Waals surface area contributed by atoms with Crippen molar-refractivity contribution >= 4 is 11.5 Å². The molecule has 0 amide bonds. The minimum absolute atomic E-state index is 0.222. The third-order valence-electron chi connectivity index (χ3n) is 2.76. The molecule has 3 rings (SSSR count). The van der Waals surface area contributed by atoms with Crippen LogP contribution in [0.5, 0.6) is 0 Å². The van der Waals surface area contributed by atoms with E-state index in [0.717, 1.165) is 5.76 Å². The lowest BCUT2D eigenvalue weighted by atomic mass is 10.2. The van der Waals surface area contributed by atoms with Gasteiger partial charge in [-0.15, -0.1) is 0 Å². The molecule has 0 saturated heterocycles. The highest BCUT2D eigenvalue weighted by Gasteiger charge is 2.14. The van der Waals surface area contributed by atoms with Gasteiger partial charge in [0.1, 0.15) is 5.76 Å². The van der Waals surface area contributed by atoms with Gasteiger partial charge in [-0.05, 0) is 31.2 Å². The highest BCUT2D eigenvalue weighted by molar-refractivity contribution is 5.95. The number of nitrogens with zero attached hydrogens (tertiary/aromatic N) is 2. The van der Waals surface area contributed by atoms with E-state index in [0.29, 0.717) is 17.1 Å². The maximum absolute atomic E-state index is 11.1. The number of pyridine rings is 1. The van der Waals surface area contributed by atoms with Gasteiger partial charge in [-0.25, -0.2) is 9.78 Å². The number of hydrogen-bond donors (Lipinski definition) is 1. The van der Waals surface area contributed by atoms with Crippen LogP contribution in [0.1, 0.15) is 16.1 Å². The number of aromatic nitrogens is 2. The van der Waals surface area contributed by atoms with Gasteiger partial charge in [0.05, 0.1) is 17.3 Å². The van der Waals surface area contributed by atoms with E-state index in [9.17, 15) is 4.79 Å². The molecule has 0 fully saturated rings. The predicted molar refractivity (Wildman–Crippen MR) is 64.6 cm³/mol. The first-order valence-electron chi connectivity index (χ1n) is 5.43. The third-order valence-corrected chi connectivity index (χ3v) is 2.76. The van der Waals surface area contributed by atoms with Crippen molar-refractivity contribution in [3.8, 4) is 11.6 Å². The van der Waals surface area contributed by atoms with E-state index in [4.69, 9.17) is 9.52 Å². The fourth-order valence-electron chi connectivity index (χ4n) is 1.94. The summed E-state index contributed by atoms with van der Waals surface area (Å²) < 4.78 is 7.22. The van der Waals surface area contributed by atoms with E-state index in [-0.39, 0.29) is 5.56 Å². The Morgan fingerprint density at radius 3 is 2.89 bits per heavy atom. The SMILES string of the molecule is Cc1ccc(-c2ncc3c(C(=O)O)cccn23)o1. The van der Waals surface area contributed by atoms with Crippen LogP contribution in [-0.4, -0.2) is 20.5 Å². The van der Waals surface area contributed by atoms with E-state index < -0.39 is 5.97 Å². The van der Waals surface area contributed by atoms with Crippen LogP contribution in [0.3, 0.4) is 0 Å². The predicted octanol–water partition coefficient (Wildman–Crippen LogP) is 2.60. The number of rotatable bonds is 2. The molecule has 5 heteroatoms. The van der Waals surface area contributed by atoms with Crippen LogP contribution >= 0.6 is 0 Å². The molecule has 0 spiro atoms. The molecule has 1 N–H and O–H groups in total. The number of aryl methyl sites for hydroxylation is 1. The summed E-state index contributed by atoms with van der Waals surface area (Å²) in [5.41, 5.74) is 0.772. The minimum atomic E-state index is -0.970. The summed E-state index contributed by atoms with van der Waals surface area (Å²) in [5.74, 6) is 1.04. The first-order valence-corrected chi connectivity index (χ1v) is 5.43. The number of carboxylic acid groups (broad SMARTS) is 1. The molecule has 0 aliphatic rings. The summed E-state index contributed by atoms with van der Waals surface area (Å²) in [6.07, 6.45) is 3.30. The van der Waals surface area contributed by atoms with Gasteiger partial charge in [-0.2, -0.15) is 0 Å². The smallest absolute Gasteiger partial charge is 0.337 e. The van der Waals surface area contributed by atoms with Crippen LogP contribution < -0.4 is 0 Å². The molecule has 0 saturated carbocycles. The van der Waals surface area contributed by atoms with Crippen molar-refractivity contribution < 1.29 is 14.3 Å². The van der Waals surface area contributed by atoms with Crippen molar-refractivity contribution in [2.24, 2.45) is 0 Å². The zero-order chi connectivity index (χ0) is 12.7. The molecular formula is C13H10N2O3. The molecule has 0 unspecified atom stereocenters. The summed E-state index contributed by atoms with van der Waals surface area (Å²) >= 11 is 0. The number of furan rings is 1. The van der Waals surface area contributed by atoms with E-state index in [2.05, 4.69) is 4.98 Å². The zero-order valence-electron chi connectivity index (χ0n) is 9.62. The number of carbonyl (C=O) groups is 1. The molecule has 0 bridgehead atoms. The van der Waals surface area contributed by atoms with E-state index in [1.165, 1.54) is 6.20 Å². The Kier molecular flexibility index (Phi) is 2.19. The number of fused-ring (bicyclic) bond motifs is 1. The normalized spacial score (nSPS) is 10.9. The number of aromatic carboxylic acids is 1. The largest absolute Gasteiger partial charge is 0.478 e. The molecule has 3 heterocycles. The summed E-state index contributed by atoms with van der Waals surface area (Å²) in [4.78, 5) is 15.3. The highest BCUT2D eigenvalue weighted by atomic mass is 16.4. The van der Waals surface area contributed by atoms with Crippen molar-refractivity contribution in [2.75, 3.05) is 0 Å². The van der Waals surface area contributed by atoms with Gasteiger partial charge in [0.25, 0.3) is 0 Å². The van der Waals surface area contributed by atoms with E-state index in [1.54, 1.807) is 22.7 Å². The highest BCUT2D eigenvalue weighted by Crippen LogP contribution is 2.23. The second-order valence-corrected chi connectivity index (χ2v) is 3.97. The molecular weight excluding hydrogens is 232 g/mol. The van der Waals surface area contributed by atoms with Crippen LogP contribution in [0.15, 0.2) is 41.1 Å². The molecule has 18 heavy (non-hydrogen) atoms. The van der Waals surface area contributed by atoms with Crippen molar-refractivity contribution in [2.45, 2.75) is 6.92 Å². The monoisotopic (exact) mass is 242 g/mol. The Morgan fingerprint density at radius 1 is 1.39 bits per heavy atom. The molecule has 3 aromatic rings. The third kappa shape index (κ3) is 1.48. The molecule has 0 aliphatic carbocycles. The standard InChI is InChI=1S/C13H10N2O3/c1-8-4-5-11(18-8)12-14-7-10-9(13(16)17)3-2-6-15(10)12/h2-7H,1H3,(H,16,17). The lowest BCUT2D eigenvalue weighted by molar-refractivity contribution is 0.0698. The van der Waals surface area contributed by atoms with Gasteiger partial charge in [-0.3, -0.25) is 4.40 Å². The van der Waals surface area contributed by atoms with E-state index in [1.807, 2.05) is 19.1 Å². The summed E-state index contributed by atoms with van der Waals surface area (Å²) in [7, 11) is 0. The zero-order valence-corrected chi connectivity index (χ0v) is 9.62. The lowest BCUT2D eigenvalue weighted by Crippen LogP contribution is -1.99. The summed E-state index contributed by atoms with van der Waals surface area (Å²) in [5, 5.41) is 9.10. The van der Waals surface area contributed by atoms with Crippen molar-refractivity contribution in [1.82, 2.24) is 9.38 Å². The van der Waals surface area contributed by atoms with Crippen molar-refractivity contribution in [1.29, 1.82) is 0 Å². The van der Waals surface area contributed by atoms with Gasteiger partial charge in [-0.1, -0.05) is 0 Å². The van der Waals surface area contributed by atoms with E-state index >= 15 is 0 Å². The van der Waals surface area contributed by atoms with Gasteiger partial charge in [0.15, 0.2) is 11.6 Å². The molecule has 3 aromatic heterocycles. The molecule has 0 aliphatic heterocycles. The topological polar surface area (TPSA) is 67.7 Å². The van der Waals surface area contributed by atoms with Gasteiger partial charge in [0.2, 0.25) is 0 Å². The molecule has 0 aromatic carbocycles. The number of carboxylic acids is 1. The maximum atomic E-state index is 11.1. The minimum Gasteiger partial charge on any atom is -0.478 e. The Hall–Kier alpha value is -2.56. The fraction of sp³-hybridized carbons (Fsp3) is 0.0769. The van der Waals surface area contributed by atoms with Crippen LogP contribution in [0, 0.1) is 6.92 Å². The summed E-state index contributed by atoms with van der Waals surface area (Å²) in [6, 6.07) is 6.89. The second kappa shape index (κ2) is 3.73. The van der Waals surface area contributed by atoms with Crippen molar-refractivity contribution in [3.63, 3.8) is 0 Å². The average Bonchev–Trinajstić information content (AvgIpc) is 2.93. The second-order valence-electron chi connectivity index (χ2n) is 3.97. The van der Waals surface area contributed by atoms with Crippen molar-refractivity contribution in [3.05, 3.63) is 48.0 Å². The van der Waals surface area contributed by atoms with Crippen LogP contribution in [0.2, 0.25) is 0 Å². The fourth-order valence-corrected chi connectivity index (χ4v) is 1.94. The quantitative estimate of drug-likeness (QED) is 0.750. The van der Waals surface area contributed by atoms with Crippen LogP contribution in [0.4, 0.5) is 0 Å². The molecule has 5 nitrogen and oxygen atoms in total. The van der Waals surface area contributed by atoms with Crippen LogP contribution in [0.25, 0.3) is 17.1 Å². The Labute approximate surface area is 102 Å². The molecule has 90 valence electrons.